The predicted molar refractivity (Wildman–Crippen MR) is 37.0 cm³/mol. The van der Waals surface area contributed by atoms with Gasteiger partial charge >= 0.3 is 5.51 Å². The fraction of sp³-hybridized carbons (Fsp3) is 1.00. The summed E-state index contributed by atoms with van der Waals surface area (Å²) in [4.78, 5) is 0. The number of hydrogen-bond donors (Lipinski definition) is 1. The Morgan fingerprint density at radius 3 is 2.30 bits per heavy atom. The summed E-state index contributed by atoms with van der Waals surface area (Å²) in [5.74, 6) is 0.0694. The van der Waals surface area contributed by atoms with Crippen molar-refractivity contribution in [2.75, 3.05) is 12.8 Å². The van der Waals surface area contributed by atoms with E-state index in [0.717, 1.165) is 0 Å². The Balaban J connectivity index is 3.36. The van der Waals surface area contributed by atoms with Crippen LogP contribution in [-0.4, -0.2) is 24.4 Å². The van der Waals surface area contributed by atoms with Crippen molar-refractivity contribution in [1.29, 1.82) is 0 Å². The van der Waals surface area contributed by atoms with E-state index < -0.39 is 5.51 Å². The van der Waals surface area contributed by atoms with Crippen LogP contribution in [0, 0.1) is 0 Å². The molecule has 0 aliphatic rings. The largest absolute Gasteiger partial charge is 0.441 e. The van der Waals surface area contributed by atoms with E-state index in [4.69, 9.17) is 0 Å². The van der Waals surface area contributed by atoms with Gasteiger partial charge in [-0.2, -0.15) is 13.2 Å². The molecule has 0 rings (SSSR count). The summed E-state index contributed by atoms with van der Waals surface area (Å²) in [7, 11) is 1.64. The highest BCUT2D eigenvalue weighted by Gasteiger charge is 2.28. The minimum absolute atomic E-state index is 0.00375. The molecule has 1 unspecified atom stereocenters. The van der Waals surface area contributed by atoms with E-state index in [-0.39, 0.29) is 23.6 Å². The summed E-state index contributed by atoms with van der Waals surface area (Å²) < 4.78 is 34.5. The monoisotopic (exact) mass is 173 g/mol. The van der Waals surface area contributed by atoms with Crippen molar-refractivity contribution >= 4 is 11.8 Å². The van der Waals surface area contributed by atoms with Crippen LogP contribution in [0.1, 0.15) is 6.92 Å². The van der Waals surface area contributed by atoms with E-state index in [1.807, 2.05) is 0 Å². The first-order valence-electron chi connectivity index (χ1n) is 2.83. The summed E-state index contributed by atoms with van der Waals surface area (Å²) in [6, 6.07) is -0.0911. The van der Waals surface area contributed by atoms with Gasteiger partial charge < -0.3 is 5.32 Å². The van der Waals surface area contributed by atoms with Gasteiger partial charge in [0.1, 0.15) is 0 Å². The highest BCUT2D eigenvalue weighted by atomic mass is 32.2. The van der Waals surface area contributed by atoms with Gasteiger partial charge in [-0.15, -0.1) is 0 Å². The summed E-state index contributed by atoms with van der Waals surface area (Å²) >= 11 is 0.00375. The standard InChI is InChI=1S/C5H10F3NS/c1-4(9-2)3-10-5(6,7)8/h4,9H,3H2,1-2H3. The summed E-state index contributed by atoms with van der Waals surface area (Å²) in [6.07, 6.45) is 0. The number of nitrogens with one attached hydrogen (secondary N) is 1. The Labute approximate surface area is 62.4 Å². The van der Waals surface area contributed by atoms with Gasteiger partial charge in [-0.1, -0.05) is 0 Å². The maximum Gasteiger partial charge on any atom is 0.441 e. The van der Waals surface area contributed by atoms with Crippen LogP contribution in [0.25, 0.3) is 0 Å². The third-order valence-electron chi connectivity index (χ3n) is 0.990. The molecule has 0 amide bonds. The van der Waals surface area contributed by atoms with E-state index in [9.17, 15) is 13.2 Å². The molecule has 0 spiro atoms. The number of alkyl halides is 3. The second kappa shape index (κ2) is 4.08. The van der Waals surface area contributed by atoms with Gasteiger partial charge in [0.15, 0.2) is 0 Å². The van der Waals surface area contributed by atoms with Crippen LogP contribution in [0.5, 0.6) is 0 Å². The maximum absolute atomic E-state index is 11.5. The zero-order chi connectivity index (χ0) is 8.20. The average molecular weight is 173 g/mol. The molecule has 0 aliphatic carbocycles. The van der Waals surface area contributed by atoms with Gasteiger partial charge in [0.05, 0.1) is 0 Å². The zero-order valence-corrected chi connectivity index (χ0v) is 6.64. The molecule has 0 saturated heterocycles. The van der Waals surface area contributed by atoms with E-state index in [1.54, 1.807) is 14.0 Å². The minimum Gasteiger partial charge on any atom is -0.316 e. The lowest BCUT2D eigenvalue weighted by atomic mass is 10.4. The molecule has 0 aromatic heterocycles. The van der Waals surface area contributed by atoms with Crippen LogP contribution in [-0.2, 0) is 0 Å². The highest BCUT2D eigenvalue weighted by Crippen LogP contribution is 2.30. The molecular weight excluding hydrogens is 163 g/mol. The molecule has 0 aromatic carbocycles. The molecule has 0 aliphatic heterocycles. The van der Waals surface area contributed by atoms with Crippen molar-refractivity contribution in [3.8, 4) is 0 Å². The van der Waals surface area contributed by atoms with Crippen molar-refractivity contribution in [1.82, 2.24) is 5.32 Å². The normalized spacial score (nSPS) is 15.3. The first-order chi connectivity index (χ1) is 4.45. The predicted octanol–water partition coefficient (Wildman–Crippen LogP) is 1.85. The SMILES string of the molecule is CNC(C)CSC(F)(F)F. The van der Waals surface area contributed by atoms with E-state index in [1.165, 1.54) is 0 Å². The van der Waals surface area contributed by atoms with E-state index >= 15 is 0 Å². The molecule has 1 nitrogen and oxygen atoms in total. The van der Waals surface area contributed by atoms with Gasteiger partial charge in [-0.25, -0.2) is 0 Å². The number of hydrogen-bond acceptors (Lipinski definition) is 2. The fourth-order valence-corrected chi connectivity index (χ4v) is 0.908. The Morgan fingerprint density at radius 2 is 2.00 bits per heavy atom. The van der Waals surface area contributed by atoms with Crippen molar-refractivity contribution in [2.24, 2.45) is 0 Å². The second-order valence-corrected chi connectivity index (χ2v) is 3.03. The van der Waals surface area contributed by atoms with Crippen molar-refractivity contribution in [3.63, 3.8) is 0 Å². The molecular formula is C5H10F3NS. The average Bonchev–Trinajstić information content (AvgIpc) is 1.81. The first kappa shape index (κ1) is 10.1. The Hall–Kier alpha value is 0.100. The van der Waals surface area contributed by atoms with Crippen molar-refractivity contribution in [3.05, 3.63) is 0 Å². The minimum atomic E-state index is -4.09. The summed E-state index contributed by atoms with van der Waals surface area (Å²) in [6.45, 7) is 1.71. The van der Waals surface area contributed by atoms with Crippen molar-refractivity contribution in [2.45, 2.75) is 18.5 Å². The second-order valence-electron chi connectivity index (χ2n) is 1.95. The molecule has 0 fully saturated rings. The Bertz CT molecular complexity index is 93.4. The number of rotatable bonds is 3. The van der Waals surface area contributed by atoms with Crippen LogP contribution in [0.4, 0.5) is 13.2 Å². The quantitative estimate of drug-likeness (QED) is 0.699. The summed E-state index contributed by atoms with van der Waals surface area (Å²) in [5, 5.41) is 2.72. The van der Waals surface area contributed by atoms with Crippen LogP contribution in [0.15, 0.2) is 0 Å². The number of halogens is 3. The smallest absolute Gasteiger partial charge is 0.316 e. The highest BCUT2D eigenvalue weighted by molar-refractivity contribution is 8.00. The first-order valence-corrected chi connectivity index (χ1v) is 3.82. The third-order valence-corrected chi connectivity index (χ3v) is 1.98. The number of thioether (sulfide) groups is 1. The lowest BCUT2D eigenvalue weighted by Gasteiger charge is -2.10. The summed E-state index contributed by atoms with van der Waals surface area (Å²) in [5.41, 5.74) is -4.09. The topological polar surface area (TPSA) is 12.0 Å². The molecule has 62 valence electrons. The fourth-order valence-electron chi connectivity index (χ4n) is 0.303. The van der Waals surface area contributed by atoms with E-state index in [0.29, 0.717) is 0 Å². The molecule has 5 heteroatoms. The molecule has 0 aromatic rings. The molecule has 0 saturated carbocycles. The molecule has 0 bridgehead atoms. The van der Waals surface area contributed by atoms with Gasteiger partial charge in [-0.3, -0.25) is 0 Å². The molecule has 0 radical (unpaired) electrons. The Kier molecular flexibility index (Phi) is 4.12. The van der Waals surface area contributed by atoms with Gasteiger partial charge in [0, 0.05) is 11.8 Å². The lowest BCUT2D eigenvalue weighted by molar-refractivity contribution is -0.0328. The van der Waals surface area contributed by atoms with Crippen LogP contribution in [0.3, 0.4) is 0 Å². The molecule has 1 atom stereocenters. The third kappa shape index (κ3) is 6.22. The van der Waals surface area contributed by atoms with Crippen LogP contribution >= 0.6 is 11.8 Å². The van der Waals surface area contributed by atoms with Crippen LogP contribution in [0.2, 0.25) is 0 Å². The van der Waals surface area contributed by atoms with Gasteiger partial charge in [0.25, 0.3) is 0 Å². The zero-order valence-electron chi connectivity index (χ0n) is 5.83. The van der Waals surface area contributed by atoms with Gasteiger partial charge in [-0.05, 0) is 25.7 Å². The molecule has 1 N–H and O–H groups in total. The van der Waals surface area contributed by atoms with Crippen LogP contribution < -0.4 is 5.32 Å². The maximum atomic E-state index is 11.5. The van der Waals surface area contributed by atoms with Crippen molar-refractivity contribution < 1.29 is 13.2 Å². The molecule has 10 heavy (non-hydrogen) atoms. The lowest BCUT2D eigenvalue weighted by Crippen LogP contribution is -2.25. The molecule has 0 heterocycles. The Morgan fingerprint density at radius 1 is 1.50 bits per heavy atom. The van der Waals surface area contributed by atoms with Gasteiger partial charge in [0.2, 0.25) is 0 Å². The van der Waals surface area contributed by atoms with E-state index in [2.05, 4.69) is 5.32 Å².